The zero-order valence-corrected chi connectivity index (χ0v) is 13.2. The molecule has 0 bridgehead atoms. The maximum Gasteiger partial charge on any atom is 0.238 e. The quantitative estimate of drug-likeness (QED) is 0.859. The number of carbonyl (C=O) groups excluding carboxylic acids is 2. The van der Waals surface area contributed by atoms with Gasteiger partial charge in [-0.1, -0.05) is 11.6 Å². The summed E-state index contributed by atoms with van der Waals surface area (Å²) in [6, 6.07) is 5.06. The van der Waals surface area contributed by atoms with Crippen molar-refractivity contribution in [2.45, 2.75) is 12.8 Å². The van der Waals surface area contributed by atoms with Gasteiger partial charge in [0.2, 0.25) is 11.8 Å². The van der Waals surface area contributed by atoms with Gasteiger partial charge in [-0.3, -0.25) is 14.5 Å². The second kappa shape index (κ2) is 7.47. The summed E-state index contributed by atoms with van der Waals surface area (Å²) in [6.45, 7) is 1.56. The standard InChI is InChI=1S/C15H20ClN3O3/c1-22-13-5-4-11(7-12(13)16)18-14(20)9-19-6-2-3-10(8-19)15(17)21/h4-5,7,10H,2-3,6,8-9H2,1H3,(H2,17,21)(H,18,20)/t10-/m0/s1. The Bertz CT molecular complexity index is 565. The van der Waals surface area contributed by atoms with E-state index in [0.29, 0.717) is 23.0 Å². The third-order valence-electron chi connectivity index (χ3n) is 3.71. The second-order valence-electron chi connectivity index (χ2n) is 5.37. The Morgan fingerprint density at radius 3 is 2.91 bits per heavy atom. The number of rotatable bonds is 5. The Morgan fingerprint density at radius 1 is 1.50 bits per heavy atom. The van der Waals surface area contributed by atoms with Crippen molar-refractivity contribution in [2.75, 3.05) is 32.1 Å². The van der Waals surface area contributed by atoms with Gasteiger partial charge in [0.1, 0.15) is 5.75 Å². The molecule has 0 aliphatic carbocycles. The molecule has 22 heavy (non-hydrogen) atoms. The average Bonchev–Trinajstić information content (AvgIpc) is 2.47. The molecule has 1 saturated heterocycles. The number of nitrogens with zero attached hydrogens (tertiary/aromatic N) is 1. The van der Waals surface area contributed by atoms with Crippen LogP contribution < -0.4 is 15.8 Å². The van der Waals surface area contributed by atoms with Crippen molar-refractivity contribution >= 4 is 29.1 Å². The van der Waals surface area contributed by atoms with Crippen LogP contribution in [-0.2, 0) is 9.59 Å². The van der Waals surface area contributed by atoms with Crippen molar-refractivity contribution < 1.29 is 14.3 Å². The second-order valence-corrected chi connectivity index (χ2v) is 5.78. The van der Waals surface area contributed by atoms with Gasteiger partial charge >= 0.3 is 0 Å². The summed E-state index contributed by atoms with van der Waals surface area (Å²) in [5, 5.41) is 3.23. The lowest BCUT2D eigenvalue weighted by Crippen LogP contribution is -2.44. The van der Waals surface area contributed by atoms with Gasteiger partial charge in [-0.25, -0.2) is 0 Å². The number of ether oxygens (including phenoxy) is 1. The Kier molecular flexibility index (Phi) is 5.63. The number of nitrogens with two attached hydrogens (primary N) is 1. The number of carbonyl (C=O) groups is 2. The molecule has 120 valence electrons. The molecule has 0 radical (unpaired) electrons. The number of likely N-dealkylation sites (tertiary alicyclic amines) is 1. The van der Waals surface area contributed by atoms with Crippen LogP contribution >= 0.6 is 11.6 Å². The van der Waals surface area contributed by atoms with Gasteiger partial charge in [-0.05, 0) is 37.6 Å². The highest BCUT2D eigenvalue weighted by Crippen LogP contribution is 2.27. The van der Waals surface area contributed by atoms with E-state index in [-0.39, 0.29) is 24.3 Å². The Balaban J connectivity index is 1.90. The molecule has 1 heterocycles. The smallest absolute Gasteiger partial charge is 0.238 e. The van der Waals surface area contributed by atoms with Crippen LogP contribution in [0.3, 0.4) is 0 Å². The summed E-state index contributed by atoms with van der Waals surface area (Å²) < 4.78 is 5.06. The highest BCUT2D eigenvalue weighted by Gasteiger charge is 2.25. The van der Waals surface area contributed by atoms with Gasteiger partial charge in [0.05, 0.1) is 24.6 Å². The number of methoxy groups -OCH3 is 1. The van der Waals surface area contributed by atoms with Crippen LogP contribution in [0.4, 0.5) is 5.69 Å². The maximum atomic E-state index is 12.1. The maximum absolute atomic E-state index is 12.1. The average molecular weight is 326 g/mol. The minimum absolute atomic E-state index is 0.147. The number of hydrogen-bond acceptors (Lipinski definition) is 4. The molecule has 1 aromatic carbocycles. The van der Waals surface area contributed by atoms with E-state index >= 15 is 0 Å². The van der Waals surface area contributed by atoms with E-state index in [2.05, 4.69) is 5.32 Å². The number of benzene rings is 1. The molecular weight excluding hydrogens is 306 g/mol. The van der Waals surface area contributed by atoms with Crippen LogP contribution in [-0.4, -0.2) is 43.5 Å². The molecule has 3 N–H and O–H groups in total. The normalized spacial score (nSPS) is 18.7. The molecule has 1 aliphatic rings. The Labute approximate surface area is 134 Å². The van der Waals surface area contributed by atoms with Crippen LogP contribution in [0.15, 0.2) is 18.2 Å². The first kappa shape index (κ1) is 16.6. The first-order valence-corrected chi connectivity index (χ1v) is 7.52. The van der Waals surface area contributed by atoms with Gasteiger partial charge in [0.25, 0.3) is 0 Å². The number of amides is 2. The van der Waals surface area contributed by atoms with Crippen molar-refractivity contribution in [2.24, 2.45) is 11.7 Å². The topological polar surface area (TPSA) is 84.7 Å². The highest BCUT2D eigenvalue weighted by atomic mass is 35.5. The number of anilines is 1. The fourth-order valence-corrected chi connectivity index (χ4v) is 2.84. The largest absolute Gasteiger partial charge is 0.495 e. The minimum atomic E-state index is -0.299. The molecule has 1 aliphatic heterocycles. The van der Waals surface area contributed by atoms with Crippen LogP contribution in [0.5, 0.6) is 5.75 Å². The zero-order chi connectivity index (χ0) is 16.1. The monoisotopic (exact) mass is 325 g/mol. The fraction of sp³-hybridized carbons (Fsp3) is 0.467. The molecule has 0 saturated carbocycles. The van der Waals surface area contributed by atoms with E-state index < -0.39 is 0 Å². The summed E-state index contributed by atoms with van der Waals surface area (Å²) in [5.41, 5.74) is 5.95. The van der Waals surface area contributed by atoms with Crippen LogP contribution in [0.25, 0.3) is 0 Å². The molecule has 1 aromatic rings. The van der Waals surface area contributed by atoms with E-state index in [0.717, 1.165) is 19.4 Å². The zero-order valence-electron chi connectivity index (χ0n) is 12.5. The third-order valence-corrected chi connectivity index (χ3v) is 4.01. The Morgan fingerprint density at radius 2 is 2.27 bits per heavy atom. The Hall–Kier alpha value is -1.79. The molecule has 0 aromatic heterocycles. The number of piperidine rings is 1. The summed E-state index contributed by atoms with van der Waals surface area (Å²) in [4.78, 5) is 25.3. The first-order valence-electron chi connectivity index (χ1n) is 7.14. The minimum Gasteiger partial charge on any atom is -0.495 e. The lowest BCUT2D eigenvalue weighted by atomic mass is 9.97. The number of halogens is 1. The predicted octanol–water partition coefficient (Wildman–Crippen LogP) is 1.48. The fourth-order valence-electron chi connectivity index (χ4n) is 2.58. The summed E-state index contributed by atoms with van der Waals surface area (Å²) in [5.74, 6) is -0.0598. The third kappa shape index (κ3) is 4.35. The highest BCUT2D eigenvalue weighted by molar-refractivity contribution is 6.32. The first-order chi connectivity index (χ1) is 10.5. The van der Waals surface area contributed by atoms with Crippen molar-refractivity contribution in [1.29, 1.82) is 0 Å². The molecule has 1 atom stereocenters. The van der Waals surface area contributed by atoms with E-state index in [1.807, 2.05) is 4.90 Å². The van der Waals surface area contributed by atoms with Gasteiger partial charge in [0.15, 0.2) is 0 Å². The van der Waals surface area contributed by atoms with Gasteiger partial charge in [-0.2, -0.15) is 0 Å². The predicted molar refractivity (Wildman–Crippen MR) is 85.0 cm³/mol. The van der Waals surface area contributed by atoms with Crippen LogP contribution in [0, 0.1) is 5.92 Å². The summed E-state index contributed by atoms with van der Waals surface area (Å²) in [6.07, 6.45) is 1.66. The van der Waals surface area contributed by atoms with Gasteiger partial charge in [-0.15, -0.1) is 0 Å². The van der Waals surface area contributed by atoms with Crippen molar-refractivity contribution in [3.05, 3.63) is 23.2 Å². The van der Waals surface area contributed by atoms with E-state index in [4.69, 9.17) is 22.1 Å². The van der Waals surface area contributed by atoms with Crippen LogP contribution in [0.1, 0.15) is 12.8 Å². The molecule has 7 heteroatoms. The number of nitrogens with one attached hydrogen (secondary N) is 1. The molecule has 2 rings (SSSR count). The van der Waals surface area contributed by atoms with Crippen molar-refractivity contribution in [3.63, 3.8) is 0 Å². The number of hydrogen-bond donors (Lipinski definition) is 2. The van der Waals surface area contributed by atoms with Gasteiger partial charge < -0.3 is 15.8 Å². The summed E-state index contributed by atoms with van der Waals surface area (Å²) >= 11 is 6.02. The van der Waals surface area contributed by atoms with Crippen molar-refractivity contribution in [1.82, 2.24) is 4.90 Å². The number of primary amides is 1. The van der Waals surface area contributed by atoms with E-state index in [1.165, 1.54) is 7.11 Å². The molecule has 2 amide bonds. The molecular formula is C15H20ClN3O3. The summed E-state index contributed by atoms with van der Waals surface area (Å²) in [7, 11) is 1.53. The molecule has 0 unspecified atom stereocenters. The molecule has 0 spiro atoms. The lowest BCUT2D eigenvalue weighted by Gasteiger charge is -2.30. The van der Waals surface area contributed by atoms with Crippen molar-refractivity contribution in [3.8, 4) is 5.75 Å². The van der Waals surface area contributed by atoms with E-state index in [9.17, 15) is 9.59 Å². The molecule has 6 nitrogen and oxygen atoms in total. The van der Waals surface area contributed by atoms with Crippen LogP contribution in [0.2, 0.25) is 5.02 Å². The van der Waals surface area contributed by atoms with Gasteiger partial charge in [0, 0.05) is 12.2 Å². The lowest BCUT2D eigenvalue weighted by molar-refractivity contribution is -0.125. The molecule has 1 fully saturated rings. The van der Waals surface area contributed by atoms with E-state index in [1.54, 1.807) is 18.2 Å². The SMILES string of the molecule is COc1ccc(NC(=O)CN2CCC[C@H](C(N)=O)C2)cc1Cl.